The summed E-state index contributed by atoms with van der Waals surface area (Å²) >= 11 is 3.60. The monoisotopic (exact) mass is 358 g/mol. The van der Waals surface area contributed by atoms with Gasteiger partial charge in [-0.1, -0.05) is 28.1 Å². The molecule has 1 atom stereocenters. The van der Waals surface area contributed by atoms with Crippen molar-refractivity contribution in [3.05, 3.63) is 34.3 Å². The van der Waals surface area contributed by atoms with Gasteiger partial charge in [0.1, 0.15) is 0 Å². The summed E-state index contributed by atoms with van der Waals surface area (Å²) < 4.78 is 1.21. The van der Waals surface area contributed by atoms with Gasteiger partial charge >= 0.3 is 0 Å². The molecule has 2 saturated heterocycles. The lowest BCUT2D eigenvalue weighted by Crippen LogP contribution is -2.36. The Balaban J connectivity index is 0.00000147. The second kappa shape index (κ2) is 7.79. The third-order valence-corrected chi connectivity index (χ3v) is 5.04. The lowest BCUT2D eigenvalue weighted by molar-refractivity contribution is 0.193. The average Bonchev–Trinajstić information content (AvgIpc) is 2.88. The van der Waals surface area contributed by atoms with Crippen molar-refractivity contribution in [2.24, 2.45) is 5.92 Å². The van der Waals surface area contributed by atoms with E-state index < -0.39 is 0 Å². The van der Waals surface area contributed by atoms with Crippen molar-refractivity contribution in [2.75, 3.05) is 26.2 Å². The van der Waals surface area contributed by atoms with E-state index in [-0.39, 0.29) is 12.4 Å². The number of likely N-dealkylation sites (tertiary alicyclic amines) is 1. The molecule has 1 aromatic rings. The molecule has 0 spiro atoms. The van der Waals surface area contributed by atoms with Gasteiger partial charge < -0.3 is 5.32 Å². The molecule has 0 bridgehead atoms. The molecule has 1 aromatic carbocycles. The highest BCUT2D eigenvalue weighted by atomic mass is 79.9. The molecule has 20 heavy (non-hydrogen) atoms. The number of benzene rings is 1. The highest BCUT2D eigenvalue weighted by molar-refractivity contribution is 9.10. The lowest BCUT2D eigenvalue weighted by Gasteiger charge is -2.31. The number of nitrogens with one attached hydrogen (secondary N) is 1. The molecule has 2 aliphatic rings. The summed E-state index contributed by atoms with van der Waals surface area (Å²) in [6.45, 7) is 4.99. The van der Waals surface area contributed by atoms with Crippen molar-refractivity contribution < 1.29 is 0 Å². The third kappa shape index (κ3) is 3.97. The van der Waals surface area contributed by atoms with Crippen molar-refractivity contribution in [2.45, 2.75) is 31.7 Å². The van der Waals surface area contributed by atoms with Crippen molar-refractivity contribution in [1.29, 1.82) is 0 Å². The van der Waals surface area contributed by atoms with E-state index in [2.05, 4.69) is 50.4 Å². The van der Waals surface area contributed by atoms with Crippen LogP contribution in [0, 0.1) is 5.92 Å². The highest BCUT2D eigenvalue weighted by Gasteiger charge is 2.28. The first kappa shape index (κ1) is 16.3. The topological polar surface area (TPSA) is 15.3 Å². The molecule has 0 radical (unpaired) electrons. The number of nitrogens with zero attached hydrogens (tertiary/aromatic N) is 1. The van der Waals surface area contributed by atoms with Gasteiger partial charge in [0.2, 0.25) is 0 Å². The number of rotatable bonds is 3. The zero-order chi connectivity index (χ0) is 13.1. The van der Waals surface area contributed by atoms with Gasteiger partial charge in [-0.2, -0.15) is 0 Å². The van der Waals surface area contributed by atoms with Crippen molar-refractivity contribution in [3.63, 3.8) is 0 Å². The smallest absolute Gasteiger partial charge is 0.0349 e. The van der Waals surface area contributed by atoms with E-state index in [1.54, 1.807) is 0 Å². The number of hydrogen-bond acceptors (Lipinski definition) is 2. The normalized spacial score (nSPS) is 24.6. The molecule has 0 amide bonds. The highest BCUT2D eigenvalue weighted by Crippen LogP contribution is 2.34. The maximum absolute atomic E-state index is 3.60. The standard InChI is InChI=1S/C16H23BrN2.ClH/c17-15-4-1-3-14(11-15)16-5-2-10-19(16)12-13-6-8-18-9-7-13;/h1,3-4,11,13,16,18H,2,5-10,12H2;1H. The van der Waals surface area contributed by atoms with Gasteiger partial charge in [-0.05, 0) is 68.9 Å². The minimum absolute atomic E-state index is 0. The van der Waals surface area contributed by atoms with Crippen LogP contribution in [0.2, 0.25) is 0 Å². The van der Waals surface area contributed by atoms with Crippen LogP contribution < -0.4 is 5.32 Å². The molecule has 3 rings (SSSR count). The van der Waals surface area contributed by atoms with Crippen molar-refractivity contribution in [1.82, 2.24) is 10.2 Å². The maximum Gasteiger partial charge on any atom is 0.0349 e. The second-order valence-corrected chi connectivity index (χ2v) is 6.82. The van der Waals surface area contributed by atoms with Gasteiger partial charge in [0.25, 0.3) is 0 Å². The van der Waals surface area contributed by atoms with E-state index in [9.17, 15) is 0 Å². The molecule has 2 nitrogen and oxygen atoms in total. The molecule has 112 valence electrons. The van der Waals surface area contributed by atoms with E-state index in [0.717, 1.165) is 5.92 Å². The summed E-state index contributed by atoms with van der Waals surface area (Å²) in [6.07, 6.45) is 5.37. The molecule has 2 aliphatic heterocycles. The quantitative estimate of drug-likeness (QED) is 0.877. The molecule has 4 heteroatoms. The van der Waals surface area contributed by atoms with E-state index in [1.165, 1.54) is 61.9 Å². The van der Waals surface area contributed by atoms with Crippen LogP contribution in [0.5, 0.6) is 0 Å². The van der Waals surface area contributed by atoms with E-state index in [4.69, 9.17) is 0 Å². The van der Waals surface area contributed by atoms with Crippen LogP contribution in [-0.2, 0) is 0 Å². The zero-order valence-electron chi connectivity index (χ0n) is 11.9. The fraction of sp³-hybridized carbons (Fsp3) is 0.625. The van der Waals surface area contributed by atoms with Crippen LogP contribution in [0.25, 0.3) is 0 Å². The molecule has 0 aromatic heterocycles. The first-order valence-corrected chi connectivity index (χ1v) is 8.32. The number of piperidine rings is 1. The van der Waals surface area contributed by atoms with Gasteiger partial charge in [0.05, 0.1) is 0 Å². The number of halogens is 2. The Morgan fingerprint density at radius 3 is 2.75 bits per heavy atom. The first-order chi connectivity index (χ1) is 9.33. The van der Waals surface area contributed by atoms with Crippen LogP contribution in [0.3, 0.4) is 0 Å². The fourth-order valence-corrected chi connectivity index (χ4v) is 3.95. The second-order valence-electron chi connectivity index (χ2n) is 5.90. The molecule has 1 unspecified atom stereocenters. The fourth-order valence-electron chi connectivity index (χ4n) is 3.53. The predicted octanol–water partition coefficient (Wildman–Crippen LogP) is 4.01. The van der Waals surface area contributed by atoms with Gasteiger partial charge in [-0.15, -0.1) is 12.4 Å². The summed E-state index contributed by atoms with van der Waals surface area (Å²) in [7, 11) is 0. The Bertz CT molecular complexity index is 421. The summed E-state index contributed by atoms with van der Waals surface area (Å²) in [5.41, 5.74) is 1.49. The summed E-state index contributed by atoms with van der Waals surface area (Å²) in [5.74, 6) is 0.897. The average molecular weight is 360 g/mol. The molecule has 1 N–H and O–H groups in total. The molecule has 2 heterocycles. The molecule has 0 aliphatic carbocycles. The van der Waals surface area contributed by atoms with Crippen LogP contribution in [0.15, 0.2) is 28.7 Å². The summed E-state index contributed by atoms with van der Waals surface area (Å²) in [6, 6.07) is 9.52. The Morgan fingerprint density at radius 1 is 1.20 bits per heavy atom. The molecular weight excluding hydrogens is 336 g/mol. The van der Waals surface area contributed by atoms with Crippen LogP contribution in [-0.4, -0.2) is 31.1 Å². The largest absolute Gasteiger partial charge is 0.317 e. The lowest BCUT2D eigenvalue weighted by atomic mass is 9.96. The summed E-state index contributed by atoms with van der Waals surface area (Å²) in [4.78, 5) is 2.72. The van der Waals surface area contributed by atoms with Crippen molar-refractivity contribution >= 4 is 28.3 Å². The Morgan fingerprint density at radius 2 is 2.00 bits per heavy atom. The zero-order valence-corrected chi connectivity index (χ0v) is 14.3. The third-order valence-electron chi connectivity index (χ3n) is 4.55. The van der Waals surface area contributed by atoms with Crippen molar-refractivity contribution in [3.8, 4) is 0 Å². The summed E-state index contributed by atoms with van der Waals surface area (Å²) in [5, 5.41) is 3.47. The van der Waals surface area contributed by atoms with E-state index in [1.807, 2.05) is 0 Å². The molecular formula is C16H24BrClN2. The Kier molecular flexibility index (Phi) is 6.34. The van der Waals surface area contributed by atoms with E-state index >= 15 is 0 Å². The van der Waals surface area contributed by atoms with Crippen LogP contribution >= 0.6 is 28.3 Å². The van der Waals surface area contributed by atoms with Gasteiger partial charge in [0.15, 0.2) is 0 Å². The minimum atomic E-state index is 0. The molecule has 2 fully saturated rings. The van der Waals surface area contributed by atoms with Gasteiger partial charge in [-0.25, -0.2) is 0 Å². The van der Waals surface area contributed by atoms with Gasteiger partial charge in [-0.3, -0.25) is 4.90 Å². The minimum Gasteiger partial charge on any atom is -0.317 e. The SMILES string of the molecule is Brc1cccc(C2CCCN2CC2CCNCC2)c1.Cl. The van der Waals surface area contributed by atoms with Crippen LogP contribution in [0.4, 0.5) is 0 Å². The predicted molar refractivity (Wildman–Crippen MR) is 90.5 cm³/mol. The first-order valence-electron chi connectivity index (χ1n) is 7.53. The molecule has 0 saturated carbocycles. The Labute approximate surface area is 136 Å². The number of hydrogen-bond donors (Lipinski definition) is 1. The maximum atomic E-state index is 3.60. The Hall–Kier alpha value is -0.0900. The van der Waals surface area contributed by atoms with Crippen LogP contribution in [0.1, 0.15) is 37.3 Å². The van der Waals surface area contributed by atoms with E-state index in [0.29, 0.717) is 6.04 Å². The van der Waals surface area contributed by atoms with Gasteiger partial charge in [0, 0.05) is 17.1 Å².